The van der Waals surface area contributed by atoms with Crippen molar-refractivity contribution in [3.8, 4) is 5.75 Å². The first-order chi connectivity index (χ1) is 10.9. The minimum Gasteiger partial charge on any atom is -0.497 e. The number of methoxy groups -OCH3 is 2. The van der Waals surface area contributed by atoms with E-state index in [1.165, 1.54) is 5.56 Å². The van der Waals surface area contributed by atoms with Gasteiger partial charge in [0, 0.05) is 25.1 Å². The van der Waals surface area contributed by atoms with Crippen LogP contribution in [-0.2, 0) is 10.2 Å². The minimum absolute atomic E-state index is 0.0564. The van der Waals surface area contributed by atoms with Gasteiger partial charge in [0.2, 0.25) is 0 Å². The van der Waals surface area contributed by atoms with Crippen molar-refractivity contribution in [2.24, 2.45) is 4.99 Å². The topological polar surface area (TPSA) is 54.9 Å². The number of aliphatic imine (C=N–C) groups is 1. The maximum atomic E-state index is 5.22. The summed E-state index contributed by atoms with van der Waals surface area (Å²) in [6.45, 7) is 10.7. The largest absolute Gasteiger partial charge is 0.497 e. The zero-order chi connectivity index (χ0) is 17.3. The monoisotopic (exact) mass is 321 g/mol. The number of guanidine groups is 1. The van der Waals surface area contributed by atoms with Gasteiger partial charge in [-0.15, -0.1) is 0 Å². The lowest BCUT2D eigenvalue weighted by Crippen LogP contribution is -2.44. The van der Waals surface area contributed by atoms with Crippen molar-refractivity contribution < 1.29 is 9.47 Å². The van der Waals surface area contributed by atoms with E-state index in [-0.39, 0.29) is 11.5 Å². The number of ether oxygens (including phenoxy) is 2. The molecule has 0 aliphatic carbocycles. The number of rotatable bonds is 8. The van der Waals surface area contributed by atoms with Crippen molar-refractivity contribution in [1.82, 2.24) is 10.6 Å². The third-order valence-corrected chi connectivity index (χ3v) is 3.65. The first kappa shape index (κ1) is 19.3. The Hall–Kier alpha value is -1.75. The van der Waals surface area contributed by atoms with Crippen LogP contribution in [0.15, 0.2) is 29.3 Å². The van der Waals surface area contributed by atoms with Crippen LogP contribution in [0.5, 0.6) is 5.75 Å². The summed E-state index contributed by atoms with van der Waals surface area (Å²) in [4.78, 5) is 4.73. The summed E-state index contributed by atoms with van der Waals surface area (Å²) >= 11 is 0. The fourth-order valence-electron chi connectivity index (χ4n) is 2.26. The summed E-state index contributed by atoms with van der Waals surface area (Å²) in [5.74, 6) is 1.69. The molecule has 5 nitrogen and oxygen atoms in total. The van der Waals surface area contributed by atoms with E-state index in [2.05, 4.69) is 50.5 Å². The lowest BCUT2D eigenvalue weighted by Gasteiger charge is -2.25. The molecule has 1 unspecified atom stereocenters. The molecule has 0 saturated heterocycles. The Kier molecular flexibility index (Phi) is 7.89. The van der Waals surface area contributed by atoms with Crippen LogP contribution in [0.25, 0.3) is 0 Å². The zero-order valence-corrected chi connectivity index (χ0v) is 15.3. The van der Waals surface area contributed by atoms with E-state index in [4.69, 9.17) is 14.5 Å². The molecule has 0 spiro atoms. The number of benzene rings is 1. The van der Waals surface area contributed by atoms with Crippen LogP contribution in [0.2, 0.25) is 0 Å². The van der Waals surface area contributed by atoms with Crippen LogP contribution in [0.4, 0.5) is 0 Å². The molecule has 0 aliphatic rings. The van der Waals surface area contributed by atoms with Crippen molar-refractivity contribution in [2.75, 3.05) is 33.9 Å². The Labute approximate surface area is 140 Å². The molecule has 0 aliphatic heterocycles. The Bertz CT molecular complexity index is 484. The van der Waals surface area contributed by atoms with E-state index in [0.717, 1.165) is 18.3 Å². The van der Waals surface area contributed by atoms with Crippen LogP contribution in [0, 0.1) is 0 Å². The smallest absolute Gasteiger partial charge is 0.191 e. The molecule has 0 amide bonds. The fraction of sp³-hybridized carbons (Fsp3) is 0.611. The van der Waals surface area contributed by atoms with E-state index < -0.39 is 0 Å². The summed E-state index contributed by atoms with van der Waals surface area (Å²) in [5, 5.41) is 6.63. The van der Waals surface area contributed by atoms with Gasteiger partial charge in [-0.2, -0.15) is 0 Å². The molecule has 1 rings (SSSR count). The van der Waals surface area contributed by atoms with Crippen molar-refractivity contribution in [3.63, 3.8) is 0 Å². The van der Waals surface area contributed by atoms with Crippen molar-refractivity contribution in [2.45, 2.75) is 39.2 Å². The molecule has 0 radical (unpaired) electrons. The van der Waals surface area contributed by atoms with Crippen LogP contribution < -0.4 is 15.4 Å². The molecule has 1 aromatic carbocycles. The third-order valence-electron chi connectivity index (χ3n) is 3.65. The van der Waals surface area contributed by atoms with Gasteiger partial charge >= 0.3 is 0 Å². The lowest BCUT2D eigenvalue weighted by atomic mass is 9.85. The maximum absolute atomic E-state index is 5.22. The summed E-state index contributed by atoms with van der Waals surface area (Å²) < 4.78 is 10.4. The number of nitrogens with one attached hydrogen (secondary N) is 2. The molecule has 1 atom stereocenters. The highest BCUT2D eigenvalue weighted by Gasteiger charge is 2.20. The molecule has 0 fully saturated rings. The van der Waals surface area contributed by atoms with Gasteiger partial charge in [-0.3, -0.25) is 4.99 Å². The summed E-state index contributed by atoms with van der Waals surface area (Å²) in [5.41, 5.74) is 1.18. The summed E-state index contributed by atoms with van der Waals surface area (Å²) in [6, 6.07) is 8.39. The minimum atomic E-state index is -0.0564. The van der Waals surface area contributed by atoms with Gasteiger partial charge in [0.1, 0.15) is 5.75 Å². The second-order valence-corrected chi connectivity index (χ2v) is 6.31. The molecule has 1 aromatic rings. The molecule has 2 N–H and O–H groups in total. The van der Waals surface area contributed by atoms with Gasteiger partial charge in [-0.25, -0.2) is 0 Å². The zero-order valence-electron chi connectivity index (χ0n) is 15.3. The highest BCUT2D eigenvalue weighted by Crippen LogP contribution is 2.25. The standard InChI is InChI=1S/C18H31N3O2/c1-7-19-17(21-14(2)12-22-5)20-13-18(3,4)15-8-10-16(23-6)11-9-15/h8-11,14H,7,12-13H2,1-6H3,(H2,19,20,21). The number of hydrogen-bond donors (Lipinski definition) is 2. The lowest BCUT2D eigenvalue weighted by molar-refractivity contribution is 0.179. The second-order valence-electron chi connectivity index (χ2n) is 6.31. The van der Waals surface area contributed by atoms with Crippen LogP contribution in [0.1, 0.15) is 33.3 Å². The van der Waals surface area contributed by atoms with Gasteiger partial charge in [0.25, 0.3) is 0 Å². The van der Waals surface area contributed by atoms with E-state index in [1.54, 1.807) is 14.2 Å². The predicted octanol–water partition coefficient (Wildman–Crippen LogP) is 2.56. The van der Waals surface area contributed by atoms with Crippen molar-refractivity contribution in [1.29, 1.82) is 0 Å². The van der Waals surface area contributed by atoms with Crippen LogP contribution >= 0.6 is 0 Å². The number of hydrogen-bond acceptors (Lipinski definition) is 3. The predicted molar refractivity (Wildman–Crippen MR) is 96.5 cm³/mol. The molecule has 130 valence electrons. The molecule has 0 aromatic heterocycles. The second kappa shape index (κ2) is 9.40. The van der Waals surface area contributed by atoms with Gasteiger partial charge < -0.3 is 20.1 Å². The molecule has 0 bridgehead atoms. The Morgan fingerprint density at radius 1 is 1.22 bits per heavy atom. The van der Waals surface area contributed by atoms with E-state index in [0.29, 0.717) is 13.2 Å². The van der Waals surface area contributed by atoms with Gasteiger partial charge in [0.05, 0.1) is 20.3 Å². The fourth-order valence-corrected chi connectivity index (χ4v) is 2.26. The van der Waals surface area contributed by atoms with Crippen molar-refractivity contribution in [3.05, 3.63) is 29.8 Å². The van der Waals surface area contributed by atoms with Crippen LogP contribution in [0.3, 0.4) is 0 Å². The Morgan fingerprint density at radius 3 is 2.39 bits per heavy atom. The maximum Gasteiger partial charge on any atom is 0.191 e. The first-order valence-electron chi connectivity index (χ1n) is 8.11. The summed E-state index contributed by atoms with van der Waals surface area (Å²) in [7, 11) is 3.38. The SMILES string of the molecule is CCNC(=NCC(C)(C)c1ccc(OC)cc1)NC(C)COC. The average Bonchev–Trinajstić information content (AvgIpc) is 2.53. The Balaban J connectivity index is 2.78. The van der Waals surface area contributed by atoms with Gasteiger partial charge in [-0.05, 0) is 31.5 Å². The van der Waals surface area contributed by atoms with Crippen molar-refractivity contribution >= 4 is 5.96 Å². The highest BCUT2D eigenvalue weighted by molar-refractivity contribution is 5.80. The van der Waals surface area contributed by atoms with E-state index >= 15 is 0 Å². The molecular formula is C18H31N3O2. The first-order valence-corrected chi connectivity index (χ1v) is 8.11. The van der Waals surface area contributed by atoms with Crippen LogP contribution in [-0.4, -0.2) is 45.9 Å². The van der Waals surface area contributed by atoms with Gasteiger partial charge in [0.15, 0.2) is 5.96 Å². The Morgan fingerprint density at radius 2 is 1.87 bits per heavy atom. The highest BCUT2D eigenvalue weighted by atomic mass is 16.5. The molecular weight excluding hydrogens is 290 g/mol. The normalized spacial score (nSPS) is 13.6. The number of nitrogens with zero attached hydrogens (tertiary/aromatic N) is 1. The van der Waals surface area contributed by atoms with E-state index in [1.807, 2.05) is 12.1 Å². The van der Waals surface area contributed by atoms with E-state index in [9.17, 15) is 0 Å². The molecule has 5 heteroatoms. The average molecular weight is 321 g/mol. The molecule has 0 saturated carbocycles. The molecule has 23 heavy (non-hydrogen) atoms. The third kappa shape index (κ3) is 6.48. The quantitative estimate of drug-likeness (QED) is 0.571. The van der Waals surface area contributed by atoms with Gasteiger partial charge in [-0.1, -0.05) is 26.0 Å². The summed E-state index contributed by atoms with van der Waals surface area (Å²) in [6.07, 6.45) is 0. The molecule has 0 heterocycles.